The molecule has 0 radical (unpaired) electrons. The standard InChI is InChI=1S/C20H16N4OS/c1-14-4-5-15(8-9-20(2,25)19-22-10-11-26-19)12-17(14)24-18-7-6-16(21-3)13-23-18/h4-7,10-13,25H,1-2H3,(H,23,24). The SMILES string of the molecule is [C-]#[N+]c1ccc(Nc2cc(C#CC(C)(O)c3nccs3)ccc2C)nc1. The summed E-state index contributed by atoms with van der Waals surface area (Å²) in [5.74, 6) is 6.54. The molecule has 26 heavy (non-hydrogen) atoms. The summed E-state index contributed by atoms with van der Waals surface area (Å²) in [5.41, 5.74) is 1.89. The Bertz CT molecular complexity index is 1010. The number of aliphatic hydroxyl groups is 1. The molecule has 6 heteroatoms. The van der Waals surface area contributed by atoms with Crippen molar-refractivity contribution in [2.45, 2.75) is 19.4 Å². The van der Waals surface area contributed by atoms with Crippen molar-refractivity contribution in [1.82, 2.24) is 9.97 Å². The molecule has 0 aliphatic rings. The van der Waals surface area contributed by atoms with Crippen LogP contribution in [0.2, 0.25) is 0 Å². The molecule has 128 valence electrons. The van der Waals surface area contributed by atoms with Gasteiger partial charge in [0.05, 0.1) is 6.57 Å². The molecule has 1 atom stereocenters. The molecule has 0 saturated carbocycles. The summed E-state index contributed by atoms with van der Waals surface area (Å²) in [6.07, 6.45) is 3.18. The number of nitrogens with one attached hydrogen (secondary N) is 1. The third-order valence-electron chi connectivity index (χ3n) is 3.68. The van der Waals surface area contributed by atoms with E-state index in [1.165, 1.54) is 17.5 Å². The maximum absolute atomic E-state index is 10.5. The maximum atomic E-state index is 10.5. The van der Waals surface area contributed by atoms with Crippen molar-refractivity contribution in [2.24, 2.45) is 0 Å². The van der Waals surface area contributed by atoms with E-state index in [4.69, 9.17) is 6.57 Å². The van der Waals surface area contributed by atoms with E-state index in [1.54, 1.807) is 25.3 Å². The van der Waals surface area contributed by atoms with E-state index in [-0.39, 0.29) is 0 Å². The van der Waals surface area contributed by atoms with Gasteiger partial charge in [0.25, 0.3) is 0 Å². The molecule has 2 heterocycles. The van der Waals surface area contributed by atoms with Gasteiger partial charge in [-0.15, -0.1) is 11.3 Å². The fourth-order valence-corrected chi connectivity index (χ4v) is 2.86. The van der Waals surface area contributed by atoms with E-state index >= 15 is 0 Å². The number of thiazole rings is 1. The molecule has 3 aromatic rings. The van der Waals surface area contributed by atoms with Gasteiger partial charge >= 0.3 is 0 Å². The highest BCUT2D eigenvalue weighted by Crippen LogP contribution is 2.24. The van der Waals surface area contributed by atoms with Crippen molar-refractivity contribution in [1.29, 1.82) is 0 Å². The lowest BCUT2D eigenvalue weighted by atomic mass is 10.1. The number of aromatic nitrogens is 2. The van der Waals surface area contributed by atoms with E-state index in [0.717, 1.165) is 16.8 Å². The van der Waals surface area contributed by atoms with E-state index < -0.39 is 5.60 Å². The second kappa shape index (κ2) is 7.37. The van der Waals surface area contributed by atoms with Crippen LogP contribution in [0, 0.1) is 25.3 Å². The predicted molar refractivity (Wildman–Crippen MR) is 104 cm³/mol. The average molecular weight is 360 g/mol. The molecule has 2 N–H and O–H groups in total. The van der Waals surface area contributed by atoms with Gasteiger partial charge in [-0.3, -0.25) is 4.98 Å². The van der Waals surface area contributed by atoms with Crippen LogP contribution in [0.5, 0.6) is 0 Å². The van der Waals surface area contributed by atoms with E-state index in [1.807, 2.05) is 30.5 Å². The van der Waals surface area contributed by atoms with Gasteiger partial charge < -0.3 is 10.4 Å². The lowest BCUT2D eigenvalue weighted by Crippen LogP contribution is -2.17. The Kier molecular flexibility index (Phi) is 4.99. The summed E-state index contributed by atoms with van der Waals surface area (Å²) < 4.78 is 0. The number of benzene rings is 1. The first kappa shape index (κ1) is 17.6. The Hall–Kier alpha value is -3.19. The van der Waals surface area contributed by atoms with E-state index in [2.05, 4.69) is 32.0 Å². The van der Waals surface area contributed by atoms with Gasteiger partial charge in [0.2, 0.25) is 5.69 Å². The van der Waals surface area contributed by atoms with Crippen LogP contribution in [-0.4, -0.2) is 15.1 Å². The lowest BCUT2D eigenvalue weighted by molar-refractivity contribution is 0.122. The van der Waals surface area contributed by atoms with Crippen molar-refractivity contribution in [3.05, 3.63) is 75.7 Å². The number of rotatable bonds is 3. The number of nitrogens with zero attached hydrogens (tertiary/aromatic N) is 3. The fourth-order valence-electron chi connectivity index (χ4n) is 2.21. The largest absolute Gasteiger partial charge is 0.371 e. The zero-order valence-electron chi connectivity index (χ0n) is 14.3. The van der Waals surface area contributed by atoms with Crippen LogP contribution in [0.3, 0.4) is 0 Å². The lowest BCUT2D eigenvalue weighted by Gasteiger charge is -2.12. The molecule has 1 unspecified atom stereocenters. The van der Waals surface area contributed by atoms with Crippen molar-refractivity contribution in [3.8, 4) is 11.8 Å². The van der Waals surface area contributed by atoms with Gasteiger partial charge in [-0.05, 0) is 37.6 Å². The van der Waals surface area contributed by atoms with Crippen molar-refractivity contribution >= 4 is 28.5 Å². The molecule has 0 aliphatic carbocycles. The zero-order valence-corrected chi connectivity index (χ0v) is 15.1. The smallest absolute Gasteiger partial charge is 0.205 e. The van der Waals surface area contributed by atoms with Crippen LogP contribution in [0.4, 0.5) is 17.2 Å². The van der Waals surface area contributed by atoms with Crippen LogP contribution in [-0.2, 0) is 5.60 Å². The Morgan fingerprint density at radius 3 is 2.77 bits per heavy atom. The van der Waals surface area contributed by atoms with Crippen molar-refractivity contribution in [2.75, 3.05) is 5.32 Å². The average Bonchev–Trinajstić information content (AvgIpc) is 3.19. The molecule has 0 saturated heterocycles. The van der Waals surface area contributed by atoms with Crippen LogP contribution >= 0.6 is 11.3 Å². The Morgan fingerprint density at radius 1 is 1.27 bits per heavy atom. The normalized spacial score (nSPS) is 12.4. The first-order valence-corrected chi connectivity index (χ1v) is 8.72. The van der Waals surface area contributed by atoms with E-state index in [9.17, 15) is 5.11 Å². The molecule has 2 aromatic heterocycles. The molecule has 3 rings (SSSR count). The highest BCUT2D eigenvalue weighted by atomic mass is 32.1. The van der Waals surface area contributed by atoms with Gasteiger partial charge in [-0.25, -0.2) is 9.83 Å². The van der Waals surface area contributed by atoms with Crippen molar-refractivity contribution in [3.63, 3.8) is 0 Å². The van der Waals surface area contributed by atoms with Gasteiger partial charge in [0.15, 0.2) is 5.60 Å². The highest BCUT2D eigenvalue weighted by molar-refractivity contribution is 7.09. The Balaban J connectivity index is 1.84. The first-order chi connectivity index (χ1) is 12.5. The molecular formula is C20H16N4OS. The molecule has 0 amide bonds. The number of aryl methyl sites for hydroxylation is 1. The summed E-state index contributed by atoms with van der Waals surface area (Å²) in [5, 5.41) is 16.1. The number of pyridine rings is 1. The maximum Gasteiger partial charge on any atom is 0.205 e. The summed E-state index contributed by atoms with van der Waals surface area (Å²) in [6.45, 7) is 10.6. The minimum atomic E-state index is -1.29. The van der Waals surface area contributed by atoms with Crippen LogP contribution in [0.25, 0.3) is 4.85 Å². The third-order valence-corrected chi connectivity index (χ3v) is 4.66. The van der Waals surface area contributed by atoms with Crippen LogP contribution in [0.15, 0.2) is 48.1 Å². The zero-order chi connectivity index (χ0) is 18.6. The molecule has 0 bridgehead atoms. The summed E-state index contributed by atoms with van der Waals surface area (Å²) in [4.78, 5) is 11.7. The van der Waals surface area contributed by atoms with Crippen molar-refractivity contribution < 1.29 is 5.11 Å². The summed E-state index contributed by atoms with van der Waals surface area (Å²) in [7, 11) is 0. The second-order valence-corrected chi connectivity index (χ2v) is 6.72. The third kappa shape index (κ3) is 4.07. The summed E-state index contributed by atoms with van der Waals surface area (Å²) in [6, 6.07) is 9.24. The van der Waals surface area contributed by atoms with Gasteiger partial charge in [0.1, 0.15) is 10.8 Å². The topological polar surface area (TPSA) is 62.4 Å². The minimum Gasteiger partial charge on any atom is -0.371 e. The molecule has 5 nitrogen and oxygen atoms in total. The minimum absolute atomic E-state index is 0.497. The highest BCUT2D eigenvalue weighted by Gasteiger charge is 2.22. The molecule has 0 fully saturated rings. The Morgan fingerprint density at radius 2 is 2.12 bits per heavy atom. The van der Waals surface area contributed by atoms with Gasteiger partial charge in [0, 0.05) is 29.0 Å². The number of hydrogen-bond acceptors (Lipinski definition) is 5. The molecule has 0 spiro atoms. The molecular weight excluding hydrogens is 344 g/mol. The van der Waals surface area contributed by atoms with Gasteiger partial charge in [-0.2, -0.15) is 0 Å². The fraction of sp³-hybridized carbons (Fsp3) is 0.150. The number of hydrogen-bond donors (Lipinski definition) is 2. The molecule has 0 aliphatic heterocycles. The van der Waals surface area contributed by atoms with Crippen LogP contribution in [0.1, 0.15) is 23.1 Å². The van der Waals surface area contributed by atoms with Gasteiger partial charge in [-0.1, -0.05) is 24.0 Å². The monoisotopic (exact) mass is 360 g/mol. The quantitative estimate of drug-likeness (QED) is 0.537. The first-order valence-electron chi connectivity index (χ1n) is 7.84. The molecule has 1 aromatic carbocycles. The number of anilines is 2. The summed E-state index contributed by atoms with van der Waals surface area (Å²) >= 11 is 1.37. The Labute approximate surface area is 156 Å². The predicted octanol–water partition coefficient (Wildman–Crippen LogP) is 4.40. The van der Waals surface area contributed by atoms with E-state index in [0.29, 0.717) is 16.5 Å². The van der Waals surface area contributed by atoms with Crippen LogP contribution < -0.4 is 5.32 Å². The second-order valence-electron chi connectivity index (χ2n) is 5.83.